The first-order valence-corrected chi connectivity index (χ1v) is 8.15. The molecule has 1 aromatic rings. The minimum atomic E-state index is 0.768. The molecule has 4 nitrogen and oxygen atoms in total. The monoisotopic (exact) mass is 289 g/mol. The third-order valence-corrected chi connectivity index (χ3v) is 4.37. The molecule has 0 radical (unpaired) electrons. The Hall–Kier alpha value is -1.10. The fraction of sp³-hybridized carbons (Fsp3) is 0.647. The number of nitrogens with one attached hydrogen (secondary N) is 1. The lowest BCUT2D eigenvalue weighted by molar-refractivity contribution is 0.133. The average Bonchev–Trinajstić information content (AvgIpc) is 3.33. The van der Waals surface area contributed by atoms with Gasteiger partial charge in [0.25, 0.3) is 0 Å². The third kappa shape index (κ3) is 4.99. The summed E-state index contributed by atoms with van der Waals surface area (Å²) in [6.45, 7) is 7.44. The molecule has 0 bridgehead atoms. The van der Waals surface area contributed by atoms with E-state index in [0.717, 1.165) is 44.6 Å². The summed E-state index contributed by atoms with van der Waals surface area (Å²) in [5.41, 5.74) is 1.34. The molecular formula is C17H27N3O. The molecule has 2 aliphatic rings. The molecule has 0 amide bonds. The van der Waals surface area contributed by atoms with Crippen molar-refractivity contribution >= 4 is 0 Å². The molecule has 21 heavy (non-hydrogen) atoms. The summed E-state index contributed by atoms with van der Waals surface area (Å²) in [7, 11) is 2.19. The first kappa shape index (κ1) is 14.8. The van der Waals surface area contributed by atoms with Crippen LogP contribution in [0.2, 0.25) is 0 Å². The Morgan fingerprint density at radius 1 is 1.10 bits per heavy atom. The molecule has 0 spiro atoms. The Morgan fingerprint density at radius 3 is 2.48 bits per heavy atom. The molecule has 2 fully saturated rings. The van der Waals surface area contributed by atoms with E-state index in [0.29, 0.717) is 0 Å². The Labute approximate surface area is 128 Å². The van der Waals surface area contributed by atoms with Crippen molar-refractivity contribution in [2.75, 3.05) is 46.4 Å². The maximum Gasteiger partial charge on any atom is 0.119 e. The van der Waals surface area contributed by atoms with Gasteiger partial charge < -0.3 is 15.0 Å². The normalized spacial score (nSPS) is 20.6. The zero-order chi connectivity index (χ0) is 14.5. The van der Waals surface area contributed by atoms with E-state index < -0.39 is 0 Å². The van der Waals surface area contributed by atoms with Crippen LogP contribution in [-0.2, 0) is 6.54 Å². The second kappa shape index (κ2) is 7.25. The predicted molar refractivity (Wildman–Crippen MR) is 85.7 cm³/mol. The summed E-state index contributed by atoms with van der Waals surface area (Å²) in [5, 5.41) is 3.53. The van der Waals surface area contributed by atoms with Gasteiger partial charge in [0.1, 0.15) is 12.4 Å². The molecule has 1 aromatic carbocycles. The number of ether oxygens (including phenoxy) is 1. The maximum absolute atomic E-state index is 5.85. The van der Waals surface area contributed by atoms with Gasteiger partial charge >= 0.3 is 0 Å². The smallest absolute Gasteiger partial charge is 0.119 e. The molecule has 0 atom stereocenters. The quantitative estimate of drug-likeness (QED) is 0.824. The number of likely N-dealkylation sites (N-methyl/N-ethyl adjacent to an activating group) is 1. The van der Waals surface area contributed by atoms with Crippen molar-refractivity contribution in [3.05, 3.63) is 29.8 Å². The van der Waals surface area contributed by atoms with E-state index in [-0.39, 0.29) is 0 Å². The summed E-state index contributed by atoms with van der Waals surface area (Å²) >= 11 is 0. The van der Waals surface area contributed by atoms with E-state index in [1.165, 1.54) is 31.5 Å². The number of rotatable bonds is 7. The molecule has 4 heteroatoms. The zero-order valence-corrected chi connectivity index (χ0v) is 13.1. The van der Waals surface area contributed by atoms with Gasteiger partial charge in [-0.05, 0) is 37.6 Å². The molecule has 0 unspecified atom stereocenters. The SMILES string of the molecule is CN1CCN(CCOc2ccc(CNC3CC3)cc2)CC1. The van der Waals surface area contributed by atoms with Crippen LogP contribution in [0, 0.1) is 0 Å². The van der Waals surface area contributed by atoms with Gasteiger partial charge in [0.15, 0.2) is 0 Å². The van der Waals surface area contributed by atoms with E-state index >= 15 is 0 Å². The van der Waals surface area contributed by atoms with Crippen LogP contribution in [0.3, 0.4) is 0 Å². The van der Waals surface area contributed by atoms with Crippen LogP contribution in [0.1, 0.15) is 18.4 Å². The van der Waals surface area contributed by atoms with E-state index in [9.17, 15) is 0 Å². The molecule has 1 aliphatic carbocycles. The summed E-state index contributed by atoms with van der Waals surface area (Å²) < 4.78 is 5.85. The Bertz CT molecular complexity index is 422. The lowest BCUT2D eigenvalue weighted by Crippen LogP contribution is -2.45. The molecule has 1 saturated carbocycles. The number of benzene rings is 1. The van der Waals surface area contributed by atoms with Gasteiger partial charge in [0, 0.05) is 45.3 Å². The summed E-state index contributed by atoms with van der Waals surface area (Å²) in [4.78, 5) is 4.86. The fourth-order valence-corrected chi connectivity index (χ4v) is 2.62. The van der Waals surface area contributed by atoms with Crippen LogP contribution in [-0.4, -0.2) is 62.2 Å². The van der Waals surface area contributed by atoms with Gasteiger partial charge in [-0.1, -0.05) is 12.1 Å². The highest BCUT2D eigenvalue weighted by Crippen LogP contribution is 2.20. The highest BCUT2D eigenvalue weighted by atomic mass is 16.5. The van der Waals surface area contributed by atoms with E-state index in [2.05, 4.69) is 46.4 Å². The number of hydrogen-bond acceptors (Lipinski definition) is 4. The van der Waals surface area contributed by atoms with Crippen molar-refractivity contribution in [2.24, 2.45) is 0 Å². The van der Waals surface area contributed by atoms with E-state index in [1.807, 2.05) is 0 Å². The van der Waals surface area contributed by atoms with Crippen molar-refractivity contribution < 1.29 is 4.74 Å². The lowest BCUT2D eigenvalue weighted by atomic mass is 10.2. The Balaban J connectivity index is 1.34. The van der Waals surface area contributed by atoms with Crippen LogP contribution < -0.4 is 10.1 Å². The first-order valence-electron chi connectivity index (χ1n) is 8.15. The Morgan fingerprint density at radius 2 is 1.81 bits per heavy atom. The summed E-state index contributed by atoms with van der Waals surface area (Å²) in [6, 6.07) is 9.28. The van der Waals surface area contributed by atoms with E-state index in [4.69, 9.17) is 4.74 Å². The van der Waals surface area contributed by atoms with Crippen molar-refractivity contribution in [1.29, 1.82) is 0 Å². The standard InChI is InChI=1S/C17H27N3O/c1-19-8-10-20(11-9-19)12-13-21-17-6-2-15(3-7-17)14-18-16-4-5-16/h2-3,6-7,16,18H,4-5,8-14H2,1H3. The van der Waals surface area contributed by atoms with Crippen LogP contribution in [0.5, 0.6) is 5.75 Å². The number of nitrogens with zero attached hydrogens (tertiary/aromatic N) is 2. The van der Waals surface area contributed by atoms with Crippen LogP contribution in [0.4, 0.5) is 0 Å². The number of piperazine rings is 1. The van der Waals surface area contributed by atoms with E-state index in [1.54, 1.807) is 0 Å². The first-order chi connectivity index (χ1) is 10.3. The topological polar surface area (TPSA) is 27.7 Å². The Kier molecular flexibility index (Phi) is 5.12. The van der Waals surface area contributed by atoms with Crippen LogP contribution in [0.25, 0.3) is 0 Å². The van der Waals surface area contributed by atoms with Gasteiger partial charge in [-0.3, -0.25) is 4.90 Å². The van der Waals surface area contributed by atoms with Crippen molar-refractivity contribution in [1.82, 2.24) is 15.1 Å². The minimum Gasteiger partial charge on any atom is -0.492 e. The molecule has 1 saturated heterocycles. The molecule has 3 rings (SSSR count). The zero-order valence-electron chi connectivity index (χ0n) is 13.1. The van der Waals surface area contributed by atoms with Crippen LogP contribution in [0.15, 0.2) is 24.3 Å². The average molecular weight is 289 g/mol. The summed E-state index contributed by atoms with van der Waals surface area (Å²) in [5.74, 6) is 0.985. The predicted octanol–water partition coefficient (Wildman–Crippen LogP) is 1.56. The maximum atomic E-state index is 5.85. The molecule has 1 aliphatic heterocycles. The lowest BCUT2D eigenvalue weighted by Gasteiger charge is -2.32. The molecule has 116 valence electrons. The largest absolute Gasteiger partial charge is 0.492 e. The fourth-order valence-electron chi connectivity index (χ4n) is 2.62. The van der Waals surface area contributed by atoms with Crippen molar-refractivity contribution in [3.8, 4) is 5.75 Å². The second-order valence-corrected chi connectivity index (χ2v) is 6.29. The molecule has 1 heterocycles. The van der Waals surface area contributed by atoms with Gasteiger partial charge in [-0.2, -0.15) is 0 Å². The van der Waals surface area contributed by atoms with Crippen LogP contribution >= 0.6 is 0 Å². The summed E-state index contributed by atoms with van der Waals surface area (Å²) in [6.07, 6.45) is 2.68. The highest BCUT2D eigenvalue weighted by Gasteiger charge is 2.19. The molecular weight excluding hydrogens is 262 g/mol. The van der Waals surface area contributed by atoms with Gasteiger partial charge in [-0.15, -0.1) is 0 Å². The van der Waals surface area contributed by atoms with Crippen molar-refractivity contribution in [2.45, 2.75) is 25.4 Å². The van der Waals surface area contributed by atoms with Gasteiger partial charge in [0.2, 0.25) is 0 Å². The van der Waals surface area contributed by atoms with Gasteiger partial charge in [0.05, 0.1) is 0 Å². The molecule has 0 aromatic heterocycles. The highest BCUT2D eigenvalue weighted by molar-refractivity contribution is 5.27. The number of hydrogen-bond donors (Lipinski definition) is 1. The van der Waals surface area contributed by atoms with Crippen molar-refractivity contribution in [3.63, 3.8) is 0 Å². The molecule has 1 N–H and O–H groups in total. The third-order valence-electron chi connectivity index (χ3n) is 4.37. The van der Waals surface area contributed by atoms with Gasteiger partial charge in [-0.25, -0.2) is 0 Å². The minimum absolute atomic E-state index is 0.768. The second-order valence-electron chi connectivity index (χ2n) is 6.29.